The summed E-state index contributed by atoms with van der Waals surface area (Å²) in [6.45, 7) is 28.6. The van der Waals surface area contributed by atoms with Crippen molar-refractivity contribution in [1.29, 1.82) is 0 Å². The van der Waals surface area contributed by atoms with Crippen LogP contribution in [0.2, 0.25) is 0 Å². The molecule has 0 radical (unpaired) electrons. The average Bonchev–Trinajstić information content (AvgIpc) is 0.732. The Morgan fingerprint density at radius 2 is 0.269 bits per heavy atom. The molecule has 0 heterocycles. The molecule has 0 bridgehead atoms. The van der Waals surface area contributed by atoms with Gasteiger partial charge in [-0.1, -0.05) is 274 Å². The Bertz CT molecular complexity index is 3620. The lowest BCUT2D eigenvalue weighted by molar-refractivity contribution is 0.259. The lowest BCUT2D eigenvalue weighted by Gasteiger charge is -2.20. The molecule has 0 aliphatic heterocycles. The van der Waals surface area contributed by atoms with Crippen LogP contribution in [0.4, 0.5) is 0 Å². The topological polar surface area (TPSA) is 92.3 Å². The van der Waals surface area contributed by atoms with Gasteiger partial charge < -0.3 is 47.4 Å². The van der Waals surface area contributed by atoms with E-state index in [1.165, 1.54) is 64.2 Å². The van der Waals surface area contributed by atoms with Gasteiger partial charge in [-0.3, -0.25) is 0 Å². The van der Waals surface area contributed by atoms with Crippen molar-refractivity contribution in [1.82, 2.24) is 0 Å². The number of ether oxygens (including phenoxy) is 10. The van der Waals surface area contributed by atoms with E-state index in [2.05, 4.69) is 154 Å². The molecule has 0 aliphatic carbocycles. The maximum Gasteiger partial charge on any atom is 0.161 e. The van der Waals surface area contributed by atoms with Crippen molar-refractivity contribution >= 4 is 64.6 Å². The minimum Gasteiger partial charge on any atom is -0.492 e. The van der Waals surface area contributed by atoms with Crippen LogP contribution in [0.15, 0.2) is 72.8 Å². The third kappa shape index (κ3) is 26.8. The van der Waals surface area contributed by atoms with E-state index in [4.69, 9.17) is 47.4 Å². The van der Waals surface area contributed by atoms with Crippen molar-refractivity contribution in [2.45, 2.75) is 326 Å². The molecule has 8 aromatic carbocycles. The van der Waals surface area contributed by atoms with Crippen LogP contribution >= 0.6 is 0 Å². The van der Waals surface area contributed by atoms with Gasteiger partial charge in [0.15, 0.2) is 46.0 Å². The zero-order valence-corrected chi connectivity index (χ0v) is 69.4. The number of hydrogen-bond acceptors (Lipinski definition) is 10. The molecule has 0 saturated heterocycles. The van der Waals surface area contributed by atoms with Crippen molar-refractivity contribution in [2.75, 3.05) is 66.1 Å². The second-order valence-corrected chi connectivity index (χ2v) is 30.5. The molecule has 108 heavy (non-hydrogen) atoms. The lowest BCUT2D eigenvalue weighted by Crippen LogP contribution is -2.04. The number of benzene rings is 8. The third-order valence-electron chi connectivity index (χ3n) is 21.2. The molecular weight excluding hydrogens is 1340 g/mol. The van der Waals surface area contributed by atoms with Crippen LogP contribution in [0.25, 0.3) is 64.6 Å². The van der Waals surface area contributed by atoms with E-state index in [1.807, 2.05) is 0 Å². The summed E-state index contributed by atoms with van der Waals surface area (Å²) in [6.07, 6.45) is 44.1. The molecule has 0 aromatic heterocycles. The SMILES string of the molecule is CCCCCCOc1cc2c(cc1C#Cc1cc3c(cc1OCCCCCC)c1cc(OCCCCCC)c(OCCCCCC)cc1c1cc(OCCCCCC)c(OCCCCCC)cc31)c1cc(OCCCCCC)c(OCCCCCC)cc1c1cc(OCCCCCC)c(OCCCCCC)cc21. The van der Waals surface area contributed by atoms with Crippen molar-refractivity contribution in [3.8, 4) is 69.3 Å². The summed E-state index contributed by atoms with van der Waals surface area (Å²) < 4.78 is 69.4. The molecule has 0 spiro atoms. The van der Waals surface area contributed by atoms with Gasteiger partial charge in [-0.05, 0) is 202 Å². The highest BCUT2D eigenvalue weighted by molar-refractivity contribution is 6.28. The molecule has 8 rings (SSSR count). The van der Waals surface area contributed by atoms with Gasteiger partial charge in [0.05, 0.1) is 77.2 Å². The largest absolute Gasteiger partial charge is 0.492 e. The van der Waals surface area contributed by atoms with E-state index in [-0.39, 0.29) is 0 Å². The first kappa shape index (κ1) is 86.5. The predicted octanol–water partition coefficient (Wildman–Crippen LogP) is 29.6. The fraction of sp³-hybridized carbons (Fsp3) is 0.612. The number of unbranched alkanes of at least 4 members (excludes halogenated alkanes) is 30. The summed E-state index contributed by atoms with van der Waals surface area (Å²) in [5.41, 5.74) is 1.60. The number of rotatable bonds is 60. The van der Waals surface area contributed by atoms with Gasteiger partial charge in [-0.2, -0.15) is 0 Å². The van der Waals surface area contributed by atoms with Crippen molar-refractivity contribution < 1.29 is 47.4 Å². The van der Waals surface area contributed by atoms with E-state index >= 15 is 0 Å². The summed E-state index contributed by atoms with van der Waals surface area (Å²) >= 11 is 0. The van der Waals surface area contributed by atoms with Crippen molar-refractivity contribution in [2.24, 2.45) is 0 Å². The Morgan fingerprint density at radius 1 is 0.148 bits per heavy atom. The predicted molar refractivity (Wildman–Crippen MR) is 460 cm³/mol. The van der Waals surface area contributed by atoms with Crippen molar-refractivity contribution in [3.05, 3.63) is 83.9 Å². The molecule has 594 valence electrons. The van der Waals surface area contributed by atoms with Crippen LogP contribution in [0.1, 0.15) is 337 Å². The molecule has 0 fully saturated rings. The summed E-state index contributed by atoms with van der Waals surface area (Å²) in [5.74, 6) is 15.4. The van der Waals surface area contributed by atoms with E-state index in [0.717, 1.165) is 326 Å². The molecule has 0 N–H and O–H groups in total. The van der Waals surface area contributed by atoms with E-state index < -0.39 is 0 Å². The van der Waals surface area contributed by atoms with Crippen LogP contribution in [-0.4, -0.2) is 66.1 Å². The lowest BCUT2D eigenvalue weighted by atomic mass is 9.91. The fourth-order valence-electron chi connectivity index (χ4n) is 14.7. The average molecular weight is 1480 g/mol. The molecule has 0 saturated carbocycles. The molecule has 10 heteroatoms. The van der Waals surface area contributed by atoms with Gasteiger partial charge in [-0.25, -0.2) is 0 Å². The van der Waals surface area contributed by atoms with Gasteiger partial charge in [0, 0.05) is 0 Å². The first-order chi connectivity index (χ1) is 53.3. The van der Waals surface area contributed by atoms with Crippen molar-refractivity contribution in [3.63, 3.8) is 0 Å². The van der Waals surface area contributed by atoms with Gasteiger partial charge in [-0.15, -0.1) is 0 Å². The first-order valence-corrected chi connectivity index (χ1v) is 44.2. The van der Waals surface area contributed by atoms with Gasteiger partial charge >= 0.3 is 0 Å². The Labute approximate surface area is 653 Å². The highest BCUT2D eigenvalue weighted by Gasteiger charge is 2.24. The van der Waals surface area contributed by atoms with Gasteiger partial charge in [0.1, 0.15) is 11.5 Å². The van der Waals surface area contributed by atoms with E-state index in [0.29, 0.717) is 66.1 Å². The molecule has 0 unspecified atom stereocenters. The number of fused-ring (bicyclic) bond motifs is 12. The fourth-order valence-corrected chi connectivity index (χ4v) is 14.7. The molecule has 0 amide bonds. The summed E-state index contributed by atoms with van der Waals surface area (Å²) in [4.78, 5) is 0. The quantitative estimate of drug-likeness (QED) is 0.0208. The minimum absolute atomic E-state index is 0.563. The molecule has 10 nitrogen and oxygen atoms in total. The Morgan fingerprint density at radius 3 is 0.407 bits per heavy atom. The van der Waals surface area contributed by atoms with Crippen LogP contribution < -0.4 is 47.4 Å². The highest BCUT2D eigenvalue weighted by Crippen LogP contribution is 2.49. The standard InChI is InChI=1S/C98H142O10/c1-11-21-31-41-53-99-89-65-79-77(81-67-91(101-55-43-33-23-13-3)95(105-59-47-37-27-17-7)71-85(81)87-73-97(107-61-49-39-29-19-9)93(69-83(79)87)103-57-45-35-25-15-5)63-75(89)51-52-76-64-78-80(66-90(76)100-54-42-32-22-12-2)84-70-94(104-58-46-36-26-16-6)98(108-62-50-40-30-20-10)74-88(84)86-72-96(106-60-48-38-28-18-8)92(68-82(78)86)102-56-44-34-24-14-4/h63-74H,11-50,53-62H2,1-10H3. The Hall–Kier alpha value is -7.12. The summed E-state index contributed by atoms with van der Waals surface area (Å²) in [5, 5.41) is 12.7. The van der Waals surface area contributed by atoms with Crippen LogP contribution in [0.5, 0.6) is 57.5 Å². The van der Waals surface area contributed by atoms with Crippen LogP contribution in [0.3, 0.4) is 0 Å². The zero-order chi connectivity index (χ0) is 76.2. The van der Waals surface area contributed by atoms with Crippen LogP contribution in [-0.2, 0) is 0 Å². The van der Waals surface area contributed by atoms with Gasteiger partial charge in [0.25, 0.3) is 0 Å². The maximum absolute atomic E-state index is 7.14. The summed E-state index contributed by atoms with van der Waals surface area (Å²) in [7, 11) is 0. The first-order valence-electron chi connectivity index (χ1n) is 44.2. The van der Waals surface area contributed by atoms with E-state index in [9.17, 15) is 0 Å². The molecule has 0 aliphatic rings. The highest BCUT2D eigenvalue weighted by atomic mass is 16.5. The zero-order valence-electron chi connectivity index (χ0n) is 69.4. The summed E-state index contributed by atoms with van der Waals surface area (Å²) in [6, 6.07) is 27.1. The monoisotopic (exact) mass is 1480 g/mol. The molecule has 8 aromatic rings. The second-order valence-electron chi connectivity index (χ2n) is 30.5. The second kappa shape index (κ2) is 50.6. The smallest absolute Gasteiger partial charge is 0.161 e. The maximum atomic E-state index is 7.14. The normalized spacial score (nSPS) is 11.5. The minimum atomic E-state index is 0.563. The van der Waals surface area contributed by atoms with Gasteiger partial charge in [0.2, 0.25) is 0 Å². The van der Waals surface area contributed by atoms with Crippen LogP contribution in [0, 0.1) is 11.8 Å². The molecular formula is C98H142O10. The Kier molecular flexibility index (Phi) is 40.5. The molecule has 0 atom stereocenters. The third-order valence-corrected chi connectivity index (χ3v) is 21.2. The Balaban J connectivity index is 1.45. The van der Waals surface area contributed by atoms with E-state index in [1.54, 1.807) is 0 Å². The number of hydrogen-bond donors (Lipinski definition) is 0.